The van der Waals surface area contributed by atoms with Gasteiger partial charge in [0.05, 0.1) is 30.1 Å². The van der Waals surface area contributed by atoms with Crippen LogP contribution in [0.5, 0.6) is 0 Å². The summed E-state index contributed by atoms with van der Waals surface area (Å²) < 4.78 is 5.42. The van der Waals surface area contributed by atoms with E-state index in [0.717, 1.165) is 18.4 Å². The quantitative estimate of drug-likeness (QED) is 0.543. The molecule has 1 heterocycles. The third-order valence-electron chi connectivity index (χ3n) is 4.99. The van der Waals surface area contributed by atoms with Crippen molar-refractivity contribution < 1.29 is 24.9 Å². The smallest absolute Gasteiger partial charge is 0.307 e. The highest BCUT2D eigenvalue weighted by molar-refractivity contribution is 5.74. The highest BCUT2D eigenvalue weighted by atomic mass is 16.6. The number of carbonyl (C=O) groups excluding carboxylic acids is 1. The molecule has 1 saturated heterocycles. The molecule has 5 atom stereocenters. The molecule has 1 aliphatic carbocycles. The Morgan fingerprint density at radius 1 is 1.26 bits per heavy atom. The van der Waals surface area contributed by atoms with Gasteiger partial charge in [-0.2, -0.15) is 0 Å². The van der Waals surface area contributed by atoms with Crippen molar-refractivity contribution >= 4 is 5.97 Å². The number of rotatable bonds is 4. The molecule has 0 bridgehead atoms. The fourth-order valence-corrected chi connectivity index (χ4v) is 3.58. The second-order valence-corrected chi connectivity index (χ2v) is 7.24. The second-order valence-electron chi connectivity index (χ2n) is 7.24. The number of hydrogen-bond acceptors (Lipinski definition) is 5. The monoisotopic (exact) mass is 324 g/mol. The number of carbonyl (C=O) groups is 1. The summed E-state index contributed by atoms with van der Waals surface area (Å²) in [5.41, 5.74) is 1.53. The number of allylic oxidation sites excluding steroid dienone is 3. The summed E-state index contributed by atoms with van der Waals surface area (Å²) >= 11 is 0. The molecule has 0 amide bonds. The van der Waals surface area contributed by atoms with Gasteiger partial charge in [0, 0.05) is 6.42 Å². The lowest BCUT2D eigenvalue weighted by Gasteiger charge is -2.43. The number of aliphatic hydroxyl groups is 3. The van der Waals surface area contributed by atoms with Crippen LogP contribution in [-0.2, 0) is 9.53 Å². The van der Waals surface area contributed by atoms with Crippen molar-refractivity contribution in [3.05, 3.63) is 23.3 Å². The standard InChI is InChI=1S/C18H28O5/c1-11(2)5-4-6-12(3)7-16-18(10-17(22)23-16)9-14(20)13(19)8-15(18)21/h5,7,13-16,19-21H,4,6,8-10H2,1-3H3/b12-7+/t13-,14+,15?,16-,18?/m1/s1. The van der Waals surface area contributed by atoms with E-state index in [-0.39, 0.29) is 25.2 Å². The highest BCUT2D eigenvalue weighted by Crippen LogP contribution is 2.48. The Labute approximate surface area is 137 Å². The van der Waals surface area contributed by atoms with Crippen LogP contribution in [0.4, 0.5) is 0 Å². The summed E-state index contributed by atoms with van der Waals surface area (Å²) in [5, 5.41) is 30.2. The van der Waals surface area contributed by atoms with Crippen LogP contribution < -0.4 is 0 Å². The first-order valence-electron chi connectivity index (χ1n) is 8.29. The molecule has 130 valence electrons. The molecule has 5 heteroatoms. The normalized spacial score (nSPS) is 37.8. The third-order valence-corrected chi connectivity index (χ3v) is 4.99. The lowest BCUT2D eigenvalue weighted by Crippen LogP contribution is -2.52. The molecule has 2 rings (SSSR count). The van der Waals surface area contributed by atoms with Crippen LogP contribution in [0.1, 0.15) is 52.9 Å². The largest absolute Gasteiger partial charge is 0.457 e. The number of cyclic esters (lactones) is 1. The molecular weight excluding hydrogens is 296 g/mol. The number of esters is 1. The Balaban J connectivity index is 2.16. The molecule has 0 aromatic heterocycles. The van der Waals surface area contributed by atoms with E-state index in [0.29, 0.717) is 0 Å². The SMILES string of the molecule is CC(C)=CCC/C(C)=C/[C@H]1OC(=O)CC12C[C@H](O)[C@H](O)CC2O. The first-order valence-corrected chi connectivity index (χ1v) is 8.29. The zero-order valence-corrected chi connectivity index (χ0v) is 14.2. The van der Waals surface area contributed by atoms with Crippen molar-refractivity contribution in [3.8, 4) is 0 Å². The van der Waals surface area contributed by atoms with Crippen molar-refractivity contribution in [1.29, 1.82) is 0 Å². The minimum absolute atomic E-state index is 0.0684. The summed E-state index contributed by atoms with van der Waals surface area (Å²) in [6.07, 6.45) is 2.87. The average Bonchev–Trinajstić information content (AvgIpc) is 2.73. The van der Waals surface area contributed by atoms with Gasteiger partial charge in [0.25, 0.3) is 0 Å². The van der Waals surface area contributed by atoms with Crippen LogP contribution in [0.2, 0.25) is 0 Å². The van der Waals surface area contributed by atoms with E-state index in [2.05, 4.69) is 19.9 Å². The van der Waals surface area contributed by atoms with Crippen molar-refractivity contribution in [2.45, 2.75) is 77.3 Å². The summed E-state index contributed by atoms with van der Waals surface area (Å²) in [6.45, 7) is 6.09. The fourth-order valence-electron chi connectivity index (χ4n) is 3.58. The molecule has 2 fully saturated rings. The molecule has 3 N–H and O–H groups in total. The van der Waals surface area contributed by atoms with Crippen LogP contribution >= 0.6 is 0 Å². The van der Waals surface area contributed by atoms with Gasteiger partial charge in [-0.15, -0.1) is 0 Å². The van der Waals surface area contributed by atoms with Gasteiger partial charge in [-0.1, -0.05) is 17.2 Å². The Kier molecular flexibility index (Phi) is 5.65. The van der Waals surface area contributed by atoms with Crippen molar-refractivity contribution in [2.75, 3.05) is 0 Å². The molecule has 1 saturated carbocycles. The van der Waals surface area contributed by atoms with Gasteiger partial charge in [-0.05, 0) is 46.1 Å². The zero-order chi connectivity index (χ0) is 17.2. The van der Waals surface area contributed by atoms with E-state index >= 15 is 0 Å². The molecule has 0 aromatic carbocycles. The molecule has 1 spiro atoms. The van der Waals surface area contributed by atoms with Gasteiger partial charge in [0.15, 0.2) is 0 Å². The van der Waals surface area contributed by atoms with Gasteiger partial charge < -0.3 is 20.1 Å². The molecule has 2 unspecified atom stereocenters. The van der Waals surface area contributed by atoms with E-state index < -0.39 is 29.8 Å². The van der Waals surface area contributed by atoms with Crippen LogP contribution in [0, 0.1) is 5.41 Å². The Morgan fingerprint density at radius 3 is 2.61 bits per heavy atom. The predicted octanol–water partition coefficient (Wildman–Crippen LogP) is 1.86. The Morgan fingerprint density at radius 2 is 1.96 bits per heavy atom. The highest BCUT2D eigenvalue weighted by Gasteiger charge is 2.57. The summed E-state index contributed by atoms with van der Waals surface area (Å²) in [6, 6.07) is 0. The van der Waals surface area contributed by atoms with Crippen molar-refractivity contribution in [3.63, 3.8) is 0 Å². The van der Waals surface area contributed by atoms with Gasteiger partial charge in [-0.25, -0.2) is 0 Å². The third kappa shape index (κ3) is 4.03. The maximum atomic E-state index is 11.8. The van der Waals surface area contributed by atoms with Crippen LogP contribution in [-0.4, -0.2) is 45.7 Å². The van der Waals surface area contributed by atoms with Gasteiger partial charge in [-0.3, -0.25) is 4.79 Å². The zero-order valence-electron chi connectivity index (χ0n) is 14.2. The maximum absolute atomic E-state index is 11.8. The number of ether oxygens (including phenoxy) is 1. The van der Waals surface area contributed by atoms with Crippen LogP contribution in [0.15, 0.2) is 23.3 Å². The molecular formula is C18H28O5. The van der Waals surface area contributed by atoms with E-state index in [4.69, 9.17) is 4.74 Å². The van der Waals surface area contributed by atoms with Gasteiger partial charge >= 0.3 is 5.97 Å². The number of aliphatic hydroxyl groups excluding tert-OH is 3. The Bertz CT molecular complexity index is 506. The van der Waals surface area contributed by atoms with Gasteiger partial charge in [0.1, 0.15) is 6.10 Å². The van der Waals surface area contributed by atoms with E-state index in [9.17, 15) is 20.1 Å². The van der Waals surface area contributed by atoms with Crippen molar-refractivity contribution in [1.82, 2.24) is 0 Å². The molecule has 23 heavy (non-hydrogen) atoms. The van der Waals surface area contributed by atoms with Gasteiger partial charge in [0.2, 0.25) is 0 Å². The maximum Gasteiger partial charge on any atom is 0.307 e. The Hall–Kier alpha value is -1.17. The summed E-state index contributed by atoms with van der Waals surface area (Å²) in [7, 11) is 0. The molecule has 0 aromatic rings. The van der Waals surface area contributed by atoms with Crippen molar-refractivity contribution in [2.24, 2.45) is 5.41 Å². The van der Waals surface area contributed by atoms with E-state index in [1.165, 1.54) is 5.57 Å². The topological polar surface area (TPSA) is 87.0 Å². The molecule has 5 nitrogen and oxygen atoms in total. The van der Waals surface area contributed by atoms with Crippen LogP contribution in [0.25, 0.3) is 0 Å². The fraction of sp³-hybridized carbons (Fsp3) is 0.722. The lowest BCUT2D eigenvalue weighted by molar-refractivity contribution is -0.142. The first kappa shape index (κ1) is 18.2. The van der Waals surface area contributed by atoms with E-state index in [1.807, 2.05) is 13.0 Å². The average molecular weight is 324 g/mol. The minimum atomic E-state index is -0.949. The number of hydrogen-bond donors (Lipinski definition) is 3. The first-order chi connectivity index (χ1) is 10.7. The second kappa shape index (κ2) is 7.16. The molecule has 2 aliphatic rings. The summed E-state index contributed by atoms with van der Waals surface area (Å²) in [5.74, 6) is -0.356. The van der Waals surface area contributed by atoms with Crippen LogP contribution in [0.3, 0.4) is 0 Å². The lowest BCUT2D eigenvalue weighted by atomic mass is 9.65. The minimum Gasteiger partial charge on any atom is -0.457 e. The van der Waals surface area contributed by atoms with E-state index in [1.54, 1.807) is 0 Å². The molecule has 1 aliphatic heterocycles. The predicted molar refractivity (Wildman–Crippen MR) is 86.6 cm³/mol. The molecule has 0 radical (unpaired) electrons. The summed E-state index contributed by atoms with van der Waals surface area (Å²) in [4.78, 5) is 11.8.